The van der Waals surface area contributed by atoms with Gasteiger partial charge in [-0.15, -0.1) is 0 Å². The van der Waals surface area contributed by atoms with Gasteiger partial charge >= 0.3 is 0 Å². The normalized spacial score (nSPS) is 15.8. The molecule has 1 aliphatic heterocycles. The average Bonchev–Trinajstić information content (AvgIpc) is 2.92. The summed E-state index contributed by atoms with van der Waals surface area (Å²) in [5.74, 6) is 0.778. The number of ether oxygens (including phenoxy) is 1. The first kappa shape index (κ1) is 13.5. The van der Waals surface area contributed by atoms with E-state index in [1.807, 2.05) is 24.3 Å². The zero-order valence-corrected chi connectivity index (χ0v) is 11.2. The van der Waals surface area contributed by atoms with Crippen molar-refractivity contribution in [2.75, 3.05) is 26.7 Å². The van der Waals surface area contributed by atoms with Gasteiger partial charge in [-0.05, 0) is 29.8 Å². The van der Waals surface area contributed by atoms with Gasteiger partial charge in [0.05, 0.1) is 26.4 Å². The largest absolute Gasteiger partial charge is 0.497 e. The van der Waals surface area contributed by atoms with E-state index < -0.39 is 0 Å². The van der Waals surface area contributed by atoms with Crippen LogP contribution in [0.25, 0.3) is 0 Å². The number of carbonyl (C=O) groups is 1. The van der Waals surface area contributed by atoms with Gasteiger partial charge in [0.15, 0.2) is 6.54 Å². The minimum atomic E-state index is -0.0262. The first-order valence-corrected chi connectivity index (χ1v) is 6.57. The molecule has 0 bridgehead atoms. The lowest BCUT2D eigenvalue weighted by atomic mass is 10.2. The van der Waals surface area contributed by atoms with Crippen molar-refractivity contribution >= 4 is 12.1 Å². The van der Waals surface area contributed by atoms with Crippen LogP contribution in [0.4, 0.5) is 0 Å². The number of nitrogens with zero attached hydrogens (tertiary/aromatic N) is 1. The number of hydrogen-bond donors (Lipinski definition) is 2. The van der Waals surface area contributed by atoms with E-state index in [9.17, 15) is 4.79 Å². The molecule has 2 rings (SSSR count). The fourth-order valence-corrected chi connectivity index (χ4v) is 2.19. The Balaban J connectivity index is 1.76. The van der Waals surface area contributed by atoms with E-state index in [1.165, 1.54) is 17.7 Å². The molecular formula is C14H20N3O2+. The number of nitrogens with one attached hydrogen (secondary N) is 2. The molecule has 1 saturated heterocycles. The third kappa shape index (κ3) is 4.37. The zero-order valence-electron chi connectivity index (χ0n) is 11.2. The number of carbonyl (C=O) groups excluding carboxylic acids is 1. The SMILES string of the molecule is COc1ccc(/C=N\NC(=O)C[NH+]2CCCC2)cc1. The molecule has 1 aromatic carbocycles. The van der Waals surface area contributed by atoms with Crippen LogP contribution in [-0.4, -0.2) is 38.9 Å². The number of hydrazone groups is 1. The van der Waals surface area contributed by atoms with Gasteiger partial charge in [0.2, 0.25) is 0 Å². The Labute approximate surface area is 113 Å². The maximum atomic E-state index is 11.6. The van der Waals surface area contributed by atoms with E-state index in [2.05, 4.69) is 10.5 Å². The summed E-state index contributed by atoms with van der Waals surface area (Å²) >= 11 is 0. The van der Waals surface area contributed by atoms with Crippen molar-refractivity contribution in [3.8, 4) is 5.75 Å². The Kier molecular flexibility index (Phi) is 4.92. The molecule has 19 heavy (non-hydrogen) atoms. The van der Waals surface area contributed by atoms with Gasteiger partial charge in [0.1, 0.15) is 5.75 Å². The number of benzene rings is 1. The van der Waals surface area contributed by atoms with Crippen molar-refractivity contribution < 1.29 is 14.4 Å². The Hall–Kier alpha value is -1.88. The molecule has 0 radical (unpaired) electrons. The maximum absolute atomic E-state index is 11.6. The predicted octanol–water partition coefficient (Wildman–Crippen LogP) is -0.176. The molecule has 5 nitrogen and oxygen atoms in total. The second-order valence-corrected chi connectivity index (χ2v) is 4.70. The van der Waals surface area contributed by atoms with Gasteiger partial charge < -0.3 is 9.64 Å². The summed E-state index contributed by atoms with van der Waals surface area (Å²) in [4.78, 5) is 13.0. The average molecular weight is 262 g/mol. The van der Waals surface area contributed by atoms with Gasteiger partial charge in [-0.3, -0.25) is 4.79 Å². The third-order valence-corrected chi connectivity index (χ3v) is 3.24. The lowest BCUT2D eigenvalue weighted by Crippen LogP contribution is -3.11. The van der Waals surface area contributed by atoms with Gasteiger partial charge in [0.25, 0.3) is 5.91 Å². The summed E-state index contributed by atoms with van der Waals surface area (Å²) in [6.07, 6.45) is 4.08. The lowest BCUT2D eigenvalue weighted by molar-refractivity contribution is -0.879. The summed E-state index contributed by atoms with van der Waals surface area (Å²) in [7, 11) is 1.63. The lowest BCUT2D eigenvalue weighted by Gasteiger charge is -2.09. The van der Waals surface area contributed by atoms with Crippen molar-refractivity contribution in [1.29, 1.82) is 0 Å². The van der Waals surface area contributed by atoms with Crippen molar-refractivity contribution in [2.24, 2.45) is 5.10 Å². The Morgan fingerprint density at radius 1 is 1.37 bits per heavy atom. The molecule has 1 fully saturated rings. The van der Waals surface area contributed by atoms with Crippen molar-refractivity contribution in [2.45, 2.75) is 12.8 Å². The Bertz CT molecular complexity index is 437. The topological polar surface area (TPSA) is 55.1 Å². The van der Waals surface area contributed by atoms with Crippen LogP contribution >= 0.6 is 0 Å². The van der Waals surface area contributed by atoms with Crippen molar-refractivity contribution in [1.82, 2.24) is 5.43 Å². The van der Waals surface area contributed by atoms with Crippen molar-refractivity contribution in [3.05, 3.63) is 29.8 Å². The monoisotopic (exact) mass is 262 g/mol. The molecule has 1 amide bonds. The van der Waals surface area contributed by atoms with Crippen LogP contribution in [0.5, 0.6) is 5.75 Å². The van der Waals surface area contributed by atoms with Crippen LogP contribution in [-0.2, 0) is 4.79 Å². The molecule has 5 heteroatoms. The fourth-order valence-electron chi connectivity index (χ4n) is 2.19. The minimum absolute atomic E-state index is 0.0262. The summed E-state index contributed by atoms with van der Waals surface area (Å²) < 4.78 is 5.07. The van der Waals surface area contributed by atoms with E-state index in [0.29, 0.717) is 6.54 Å². The number of hydrogen-bond acceptors (Lipinski definition) is 3. The molecular weight excluding hydrogens is 242 g/mol. The molecule has 0 spiro atoms. The van der Waals surface area contributed by atoms with E-state index in [4.69, 9.17) is 4.74 Å². The van der Waals surface area contributed by atoms with Gasteiger partial charge in [0, 0.05) is 12.8 Å². The van der Waals surface area contributed by atoms with Crippen LogP contribution in [0.15, 0.2) is 29.4 Å². The van der Waals surface area contributed by atoms with E-state index in [1.54, 1.807) is 13.3 Å². The molecule has 2 N–H and O–H groups in total. The summed E-state index contributed by atoms with van der Waals surface area (Å²) in [5, 5.41) is 3.96. The summed E-state index contributed by atoms with van der Waals surface area (Å²) in [6.45, 7) is 2.70. The van der Waals surface area contributed by atoms with Crippen LogP contribution in [0.2, 0.25) is 0 Å². The first-order valence-electron chi connectivity index (χ1n) is 6.57. The van der Waals surface area contributed by atoms with Crippen LogP contribution in [0.3, 0.4) is 0 Å². The highest BCUT2D eigenvalue weighted by Crippen LogP contribution is 2.09. The number of quaternary nitrogens is 1. The second kappa shape index (κ2) is 6.89. The standard InChI is InChI=1S/C14H19N3O2/c1-19-13-6-4-12(5-7-13)10-15-16-14(18)11-17-8-2-3-9-17/h4-7,10H,2-3,8-9,11H2,1H3,(H,16,18)/p+1/b15-10-. The molecule has 1 heterocycles. The smallest absolute Gasteiger partial charge is 0.295 e. The predicted molar refractivity (Wildman–Crippen MR) is 73.5 cm³/mol. The van der Waals surface area contributed by atoms with Crippen molar-refractivity contribution in [3.63, 3.8) is 0 Å². The zero-order chi connectivity index (χ0) is 13.5. The van der Waals surface area contributed by atoms with Gasteiger partial charge in [-0.1, -0.05) is 0 Å². The van der Waals surface area contributed by atoms with Crippen LogP contribution < -0.4 is 15.1 Å². The third-order valence-electron chi connectivity index (χ3n) is 3.24. The number of amides is 1. The summed E-state index contributed by atoms with van der Waals surface area (Å²) in [5.41, 5.74) is 3.49. The van der Waals surface area contributed by atoms with Crippen LogP contribution in [0.1, 0.15) is 18.4 Å². The molecule has 0 unspecified atom stereocenters. The molecule has 0 aromatic heterocycles. The van der Waals surface area contributed by atoms with E-state index in [-0.39, 0.29) is 5.91 Å². The Morgan fingerprint density at radius 2 is 2.05 bits per heavy atom. The van der Waals surface area contributed by atoms with E-state index >= 15 is 0 Å². The highest BCUT2D eigenvalue weighted by molar-refractivity contribution is 5.82. The second-order valence-electron chi connectivity index (χ2n) is 4.70. The van der Waals surface area contributed by atoms with Crippen LogP contribution in [0, 0.1) is 0 Å². The minimum Gasteiger partial charge on any atom is -0.497 e. The number of methoxy groups -OCH3 is 1. The highest BCUT2D eigenvalue weighted by atomic mass is 16.5. The summed E-state index contributed by atoms with van der Waals surface area (Å²) in [6, 6.07) is 7.50. The molecule has 0 atom stereocenters. The van der Waals surface area contributed by atoms with Gasteiger partial charge in [-0.2, -0.15) is 5.10 Å². The highest BCUT2D eigenvalue weighted by Gasteiger charge is 2.18. The van der Waals surface area contributed by atoms with Gasteiger partial charge in [-0.25, -0.2) is 5.43 Å². The fraction of sp³-hybridized carbons (Fsp3) is 0.429. The molecule has 1 aliphatic rings. The first-order chi connectivity index (χ1) is 9.28. The number of rotatable bonds is 5. The maximum Gasteiger partial charge on any atom is 0.295 e. The molecule has 0 aliphatic carbocycles. The molecule has 0 saturated carbocycles. The molecule has 1 aromatic rings. The molecule has 102 valence electrons. The quantitative estimate of drug-likeness (QED) is 0.571. The Morgan fingerprint density at radius 3 is 2.68 bits per heavy atom. The number of likely N-dealkylation sites (tertiary alicyclic amines) is 1. The van der Waals surface area contributed by atoms with E-state index in [0.717, 1.165) is 24.4 Å².